The second kappa shape index (κ2) is 17.1. The SMILES string of the molecule is CO[SiH](C)C.CO[Si](C)(C)C.CO[Si](C)(C)C.C[SiH](C)C. The van der Waals surface area contributed by atoms with Crippen molar-refractivity contribution in [2.45, 2.75) is 72.0 Å². The van der Waals surface area contributed by atoms with E-state index in [-0.39, 0.29) is 8.80 Å². The van der Waals surface area contributed by atoms with Crippen LogP contribution in [0.2, 0.25) is 72.0 Å². The molecule has 0 unspecified atom stereocenters. The Hall–Kier alpha value is 0.748. The van der Waals surface area contributed by atoms with Gasteiger partial charge in [-0.3, -0.25) is 0 Å². The van der Waals surface area contributed by atoms with Crippen molar-refractivity contribution < 1.29 is 13.3 Å². The van der Waals surface area contributed by atoms with E-state index in [0.717, 1.165) is 0 Å². The predicted molar refractivity (Wildman–Crippen MR) is 111 cm³/mol. The van der Waals surface area contributed by atoms with Crippen molar-refractivity contribution in [1.82, 2.24) is 0 Å². The van der Waals surface area contributed by atoms with Gasteiger partial charge in [-0.15, -0.1) is 0 Å². The van der Waals surface area contributed by atoms with Crippen LogP contribution in [0.3, 0.4) is 0 Å². The van der Waals surface area contributed by atoms with Crippen molar-refractivity contribution in [2.75, 3.05) is 21.3 Å². The monoisotopic (exact) mass is 372 g/mol. The molecule has 21 heavy (non-hydrogen) atoms. The zero-order valence-corrected chi connectivity index (χ0v) is 21.7. The lowest BCUT2D eigenvalue weighted by Crippen LogP contribution is -2.22. The second-order valence-electron chi connectivity index (χ2n) is 7.65. The van der Waals surface area contributed by atoms with E-state index in [1.807, 2.05) is 0 Å². The first kappa shape index (κ1) is 29.7. The van der Waals surface area contributed by atoms with Gasteiger partial charge in [0.25, 0.3) is 0 Å². The summed E-state index contributed by atoms with van der Waals surface area (Å²) in [5.74, 6) is 0. The van der Waals surface area contributed by atoms with E-state index in [2.05, 4.69) is 72.0 Å². The Morgan fingerprint density at radius 2 is 0.667 bits per heavy atom. The molecule has 0 aromatic rings. The molecule has 0 aliphatic carbocycles. The summed E-state index contributed by atoms with van der Waals surface area (Å²) in [4.78, 5) is 0. The smallest absolute Gasteiger partial charge is 0.183 e. The highest BCUT2D eigenvalue weighted by molar-refractivity contribution is 6.70. The zero-order valence-electron chi connectivity index (χ0n) is 17.4. The lowest BCUT2D eigenvalue weighted by molar-refractivity contribution is 0.410. The molecule has 0 fully saturated rings. The highest BCUT2D eigenvalue weighted by Crippen LogP contribution is 1.97. The summed E-state index contributed by atoms with van der Waals surface area (Å²) in [6.07, 6.45) is 0. The molecule has 0 atom stereocenters. The van der Waals surface area contributed by atoms with Crippen LogP contribution in [0.5, 0.6) is 0 Å². The first-order valence-electron chi connectivity index (χ1n) is 7.76. The Balaban J connectivity index is -0.0000000929. The van der Waals surface area contributed by atoms with Crippen molar-refractivity contribution >= 4 is 34.5 Å². The Labute approximate surface area is 141 Å². The van der Waals surface area contributed by atoms with E-state index in [1.165, 1.54) is 0 Å². The molecule has 0 saturated carbocycles. The minimum absolute atomic E-state index is 0.139. The molecule has 0 radical (unpaired) electrons. The summed E-state index contributed by atoms with van der Waals surface area (Å²) >= 11 is 0. The quantitative estimate of drug-likeness (QED) is 0.675. The van der Waals surface area contributed by atoms with E-state index >= 15 is 0 Å². The fourth-order valence-corrected chi connectivity index (χ4v) is 0. The lowest BCUT2D eigenvalue weighted by atomic mass is 11.8. The molecule has 0 aromatic carbocycles. The molecule has 3 nitrogen and oxygen atoms in total. The molecule has 0 saturated heterocycles. The molecule has 7 heteroatoms. The maximum atomic E-state index is 5.08. The van der Waals surface area contributed by atoms with Gasteiger partial charge in [-0.2, -0.15) is 0 Å². The summed E-state index contributed by atoms with van der Waals surface area (Å²) in [5.41, 5.74) is 0. The standard InChI is InChI=1S/2C4H12OSi.C3H10OSi.C3H10Si/c2*1-5-6(2,3)4;1-4-5(2)3;1-4(2)3/h2*1-4H3;5H,1-3H3;4H,1-3H3. The van der Waals surface area contributed by atoms with E-state index in [4.69, 9.17) is 13.3 Å². The van der Waals surface area contributed by atoms with Gasteiger partial charge >= 0.3 is 0 Å². The Morgan fingerprint density at radius 3 is 0.667 bits per heavy atom. The van der Waals surface area contributed by atoms with Crippen LogP contribution in [0.1, 0.15) is 0 Å². The van der Waals surface area contributed by atoms with Crippen molar-refractivity contribution in [1.29, 1.82) is 0 Å². The topological polar surface area (TPSA) is 27.7 Å². The van der Waals surface area contributed by atoms with Gasteiger partial charge in [0.2, 0.25) is 0 Å². The molecule has 0 aliphatic rings. The van der Waals surface area contributed by atoms with Crippen LogP contribution in [-0.2, 0) is 13.3 Å². The van der Waals surface area contributed by atoms with Gasteiger partial charge in [0, 0.05) is 30.1 Å². The highest BCUT2D eigenvalue weighted by Gasteiger charge is 2.09. The highest BCUT2D eigenvalue weighted by atomic mass is 28.4. The molecule has 0 aromatic heterocycles. The van der Waals surface area contributed by atoms with Crippen LogP contribution in [0.15, 0.2) is 0 Å². The molecule has 0 bridgehead atoms. The van der Waals surface area contributed by atoms with Crippen LogP contribution in [0, 0.1) is 0 Å². The largest absolute Gasteiger partial charge is 0.424 e. The third-order valence-corrected chi connectivity index (χ3v) is 5.09. The third-order valence-electron chi connectivity index (χ3n) is 1.70. The molecule has 0 spiro atoms. The summed E-state index contributed by atoms with van der Waals surface area (Å²) in [6, 6.07) is 0. The Kier molecular flexibility index (Phi) is 24.2. The number of hydrogen-bond acceptors (Lipinski definition) is 3. The fourth-order valence-electron chi connectivity index (χ4n) is 0. The lowest BCUT2D eigenvalue weighted by Gasteiger charge is -2.10. The van der Waals surface area contributed by atoms with Gasteiger partial charge in [0.15, 0.2) is 25.7 Å². The molecule has 0 rings (SSSR count). The van der Waals surface area contributed by atoms with Crippen LogP contribution in [0.25, 0.3) is 0 Å². The van der Waals surface area contributed by atoms with E-state index < -0.39 is 25.7 Å². The van der Waals surface area contributed by atoms with Crippen LogP contribution in [-0.4, -0.2) is 55.8 Å². The Morgan fingerprint density at radius 1 is 0.571 bits per heavy atom. The molecule has 0 aliphatic heterocycles. The number of hydrogen-bond donors (Lipinski definition) is 0. The minimum Gasteiger partial charge on any atom is -0.424 e. The van der Waals surface area contributed by atoms with Gasteiger partial charge < -0.3 is 13.3 Å². The summed E-state index contributed by atoms with van der Waals surface area (Å²) in [6.45, 7) is 24.2. The van der Waals surface area contributed by atoms with Gasteiger partial charge in [0.1, 0.15) is 0 Å². The van der Waals surface area contributed by atoms with Crippen molar-refractivity contribution in [3.8, 4) is 0 Å². The van der Waals surface area contributed by atoms with E-state index in [9.17, 15) is 0 Å². The van der Waals surface area contributed by atoms with Gasteiger partial charge in [0.05, 0.1) is 0 Å². The fraction of sp³-hybridized carbons (Fsp3) is 1.00. The van der Waals surface area contributed by atoms with E-state index in [1.54, 1.807) is 21.3 Å². The van der Waals surface area contributed by atoms with Gasteiger partial charge in [-0.05, 0) is 52.4 Å². The third kappa shape index (κ3) is 95.3. The molecule has 0 amide bonds. The molecule has 134 valence electrons. The van der Waals surface area contributed by atoms with Crippen molar-refractivity contribution in [3.05, 3.63) is 0 Å². The van der Waals surface area contributed by atoms with Crippen molar-refractivity contribution in [2.24, 2.45) is 0 Å². The second-order valence-corrected chi connectivity index (χ2v) is 22.9. The van der Waals surface area contributed by atoms with Crippen molar-refractivity contribution in [3.63, 3.8) is 0 Å². The first-order chi connectivity index (χ1) is 9.12. The van der Waals surface area contributed by atoms with Crippen LogP contribution >= 0.6 is 0 Å². The zero-order chi connectivity index (χ0) is 18.3. The van der Waals surface area contributed by atoms with Crippen LogP contribution in [0.4, 0.5) is 0 Å². The van der Waals surface area contributed by atoms with Gasteiger partial charge in [-0.1, -0.05) is 19.6 Å². The predicted octanol–water partition coefficient (Wildman–Crippen LogP) is 4.65. The molecular weight excluding hydrogens is 328 g/mol. The maximum absolute atomic E-state index is 5.08. The average Bonchev–Trinajstić information content (AvgIpc) is 2.28. The average molecular weight is 373 g/mol. The molecule has 0 N–H and O–H groups in total. The maximum Gasteiger partial charge on any atom is 0.183 e. The summed E-state index contributed by atoms with van der Waals surface area (Å²) in [5, 5.41) is 0. The summed E-state index contributed by atoms with van der Waals surface area (Å²) < 4.78 is 15.0. The first-order valence-corrected chi connectivity index (χ1v) is 20.8. The number of rotatable bonds is 3. The van der Waals surface area contributed by atoms with Crippen LogP contribution < -0.4 is 0 Å². The van der Waals surface area contributed by atoms with E-state index in [0.29, 0.717) is 0 Å². The summed E-state index contributed by atoms with van der Waals surface area (Å²) in [7, 11) is 2.25. The molecule has 0 heterocycles. The molecular formula is C14H44O3Si4. The van der Waals surface area contributed by atoms with Gasteiger partial charge in [-0.25, -0.2) is 0 Å². The Bertz CT molecular complexity index is 171. The minimum atomic E-state index is -1.13. The normalized spacial score (nSPS) is 10.9.